The van der Waals surface area contributed by atoms with Crippen LogP contribution in [-0.4, -0.2) is 13.0 Å². The molecule has 3 aromatic carbocycles. The molecule has 0 fully saturated rings. The van der Waals surface area contributed by atoms with Crippen LogP contribution in [0.15, 0.2) is 65.3 Å². The van der Waals surface area contributed by atoms with Crippen molar-refractivity contribution in [2.75, 3.05) is 12.4 Å². The van der Waals surface area contributed by atoms with Crippen LogP contribution < -0.4 is 10.1 Å². The smallest absolute Gasteiger partial charge is 0.248 e. The average Bonchev–Trinajstić information content (AvgIpc) is 3.21. The molecule has 4 nitrogen and oxygen atoms in total. The van der Waals surface area contributed by atoms with E-state index < -0.39 is 0 Å². The Balaban J connectivity index is 1.74. The zero-order valence-corrected chi connectivity index (χ0v) is 19.4. The van der Waals surface area contributed by atoms with Crippen molar-refractivity contribution in [2.24, 2.45) is 0 Å². The number of allylic oxidation sites excluding steroid dienone is 1. The summed E-state index contributed by atoms with van der Waals surface area (Å²) in [6.07, 6.45) is 3.25. The van der Waals surface area contributed by atoms with Gasteiger partial charge in [-0.05, 0) is 62.6 Å². The summed E-state index contributed by atoms with van der Waals surface area (Å²) < 4.78 is 25.4. The second kappa shape index (κ2) is 8.94. The van der Waals surface area contributed by atoms with Crippen LogP contribution in [0.4, 0.5) is 10.1 Å². The van der Waals surface area contributed by atoms with Gasteiger partial charge in [0.15, 0.2) is 0 Å². The van der Waals surface area contributed by atoms with Gasteiger partial charge in [0.1, 0.15) is 17.1 Å². The van der Waals surface area contributed by atoms with Crippen LogP contribution in [0.5, 0.6) is 5.75 Å². The van der Waals surface area contributed by atoms with Gasteiger partial charge in [0.25, 0.3) is 0 Å². The van der Waals surface area contributed by atoms with Crippen LogP contribution in [0.3, 0.4) is 0 Å². The maximum absolute atomic E-state index is 13.8. The molecule has 0 aliphatic carbocycles. The molecule has 4 rings (SSSR count). The number of nitrogens with one attached hydrogen (secondary N) is 1. The van der Waals surface area contributed by atoms with E-state index in [1.54, 1.807) is 32.4 Å². The lowest BCUT2D eigenvalue weighted by molar-refractivity contribution is -0.111. The summed E-state index contributed by atoms with van der Waals surface area (Å²) in [7, 11) is 1.60. The molecule has 0 aliphatic heterocycles. The van der Waals surface area contributed by atoms with Crippen LogP contribution in [0.2, 0.25) is 0 Å². The number of furan rings is 1. The van der Waals surface area contributed by atoms with Gasteiger partial charge in [-0.3, -0.25) is 4.79 Å². The lowest BCUT2D eigenvalue weighted by atomic mass is 9.96. The fraction of sp³-hybridized carbons (Fsp3) is 0.179. The molecule has 0 unspecified atom stereocenters. The van der Waals surface area contributed by atoms with Crippen LogP contribution >= 0.6 is 0 Å². The minimum Gasteiger partial charge on any atom is -0.496 e. The molecule has 0 aliphatic rings. The quantitative estimate of drug-likeness (QED) is 0.331. The molecular weight excluding hydrogens is 417 g/mol. The Labute approximate surface area is 192 Å². The Bertz CT molecular complexity index is 1380. The van der Waals surface area contributed by atoms with Gasteiger partial charge in [-0.25, -0.2) is 4.39 Å². The van der Waals surface area contributed by atoms with E-state index in [0.29, 0.717) is 17.0 Å². The highest BCUT2D eigenvalue weighted by atomic mass is 19.1. The molecule has 4 aromatic rings. The molecule has 0 saturated carbocycles. The summed E-state index contributed by atoms with van der Waals surface area (Å²) >= 11 is 0. The fourth-order valence-corrected chi connectivity index (χ4v) is 3.95. The second-order valence-electron chi connectivity index (χ2n) is 8.26. The highest BCUT2D eigenvalue weighted by molar-refractivity contribution is 6.06. The fourth-order valence-electron chi connectivity index (χ4n) is 3.95. The Hall–Kier alpha value is -3.86. The molecule has 1 aromatic heterocycles. The standard InChI is InChI=1S/C28H26FNO3/c1-16-6-9-20(10-7-16)24-15-33-28-19(4)27(32-5)22(14-23(24)28)18(3)12-26(31)30-21-11-8-17(2)25(29)13-21/h6-15H,1-5H3,(H,30,31)/b18-12+. The Morgan fingerprint density at radius 1 is 1.06 bits per heavy atom. The summed E-state index contributed by atoms with van der Waals surface area (Å²) in [6.45, 7) is 7.52. The van der Waals surface area contributed by atoms with Crippen LogP contribution in [0, 0.1) is 26.6 Å². The van der Waals surface area contributed by atoms with E-state index in [0.717, 1.165) is 38.8 Å². The zero-order chi connectivity index (χ0) is 23.7. The van der Waals surface area contributed by atoms with Crippen molar-refractivity contribution in [1.82, 2.24) is 0 Å². The third-order valence-corrected chi connectivity index (χ3v) is 5.82. The molecule has 0 radical (unpaired) electrons. The van der Waals surface area contributed by atoms with Gasteiger partial charge >= 0.3 is 0 Å². The van der Waals surface area contributed by atoms with Gasteiger partial charge in [-0.1, -0.05) is 35.9 Å². The first-order chi connectivity index (χ1) is 15.8. The summed E-state index contributed by atoms with van der Waals surface area (Å²) in [5, 5.41) is 3.67. The highest BCUT2D eigenvalue weighted by Gasteiger charge is 2.19. The van der Waals surface area contributed by atoms with Crippen LogP contribution in [0.25, 0.3) is 27.7 Å². The molecule has 5 heteroatoms. The summed E-state index contributed by atoms with van der Waals surface area (Å²) in [6, 6.07) is 14.9. The number of carbonyl (C=O) groups excluding carboxylic acids is 1. The van der Waals surface area contributed by atoms with Crippen molar-refractivity contribution in [1.29, 1.82) is 0 Å². The second-order valence-corrected chi connectivity index (χ2v) is 8.26. The predicted octanol–water partition coefficient (Wildman–Crippen LogP) is 7.21. The Morgan fingerprint density at radius 3 is 2.45 bits per heavy atom. The van der Waals surface area contributed by atoms with Gasteiger partial charge in [-0.15, -0.1) is 0 Å². The number of amides is 1. The number of fused-ring (bicyclic) bond motifs is 1. The number of rotatable bonds is 5. The van der Waals surface area contributed by atoms with E-state index in [1.807, 2.05) is 19.9 Å². The molecule has 0 bridgehead atoms. The molecular formula is C28H26FNO3. The van der Waals surface area contributed by atoms with E-state index in [1.165, 1.54) is 17.7 Å². The topological polar surface area (TPSA) is 51.5 Å². The number of aryl methyl sites for hydroxylation is 3. The first-order valence-electron chi connectivity index (χ1n) is 10.7. The third-order valence-electron chi connectivity index (χ3n) is 5.82. The number of benzene rings is 3. The number of methoxy groups -OCH3 is 1. The molecule has 0 spiro atoms. The highest BCUT2D eigenvalue weighted by Crippen LogP contribution is 2.40. The van der Waals surface area contributed by atoms with Gasteiger partial charge in [-0.2, -0.15) is 0 Å². The average molecular weight is 444 g/mol. The number of halogens is 1. The molecule has 33 heavy (non-hydrogen) atoms. The molecule has 168 valence electrons. The maximum atomic E-state index is 13.8. The number of hydrogen-bond donors (Lipinski definition) is 1. The van der Waals surface area contributed by atoms with Gasteiger partial charge in [0.2, 0.25) is 5.91 Å². The molecule has 0 saturated heterocycles. The van der Waals surface area contributed by atoms with Crippen molar-refractivity contribution >= 4 is 28.1 Å². The van der Waals surface area contributed by atoms with E-state index in [2.05, 4.69) is 36.5 Å². The van der Waals surface area contributed by atoms with Crippen molar-refractivity contribution in [3.05, 3.63) is 88.9 Å². The van der Waals surface area contributed by atoms with Crippen molar-refractivity contribution in [3.8, 4) is 16.9 Å². The first-order valence-corrected chi connectivity index (χ1v) is 10.7. The monoisotopic (exact) mass is 443 g/mol. The predicted molar refractivity (Wildman–Crippen MR) is 131 cm³/mol. The first kappa shape index (κ1) is 22.3. The van der Waals surface area contributed by atoms with Crippen molar-refractivity contribution in [3.63, 3.8) is 0 Å². The van der Waals surface area contributed by atoms with Crippen molar-refractivity contribution in [2.45, 2.75) is 27.7 Å². The SMILES string of the molecule is COc1c(/C(C)=C/C(=O)Nc2ccc(C)c(F)c2)cc2c(-c3ccc(C)cc3)coc2c1C. The van der Waals surface area contributed by atoms with Gasteiger partial charge in [0.05, 0.1) is 13.4 Å². The van der Waals surface area contributed by atoms with Crippen LogP contribution in [0.1, 0.15) is 29.2 Å². The summed E-state index contributed by atoms with van der Waals surface area (Å²) in [5.74, 6) is -0.0587. The molecule has 1 heterocycles. The molecule has 1 amide bonds. The van der Waals surface area contributed by atoms with Gasteiger partial charge < -0.3 is 14.5 Å². The molecule has 0 atom stereocenters. The minimum atomic E-state index is -0.361. The number of hydrogen-bond acceptors (Lipinski definition) is 3. The van der Waals surface area contributed by atoms with Crippen molar-refractivity contribution < 1.29 is 18.3 Å². The number of ether oxygens (including phenoxy) is 1. The normalized spacial score (nSPS) is 11.6. The lowest BCUT2D eigenvalue weighted by Crippen LogP contribution is -2.09. The van der Waals surface area contributed by atoms with E-state index in [-0.39, 0.29) is 11.7 Å². The Morgan fingerprint density at radius 2 is 1.79 bits per heavy atom. The number of carbonyl (C=O) groups is 1. The number of anilines is 1. The maximum Gasteiger partial charge on any atom is 0.248 e. The van der Waals surface area contributed by atoms with Crippen LogP contribution in [-0.2, 0) is 4.79 Å². The lowest BCUT2D eigenvalue weighted by Gasteiger charge is -2.13. The summed E-state index contributed by atoms with van der Waals surface area (Å²) in [5.41, 5.74) is 7.26. The zero-order valence-electron chi connectivity index (χ0n) is 19.4. The third kappa shape index (κ3) is 4.40. The Kier molecular flexibility index (Phi) is 6.05. The van der Waals surface area contributed by atoms with E-state index in [9.17, 15) is 9.18 Å². The van der Waals surface area contributed by atoms with Gasteiger partial charge in [0, 0.05) is 33.8 Å². The largest absolute Gasteiger partial charge is 0.496 e. The molecule has 1 N–H and O–H groups in total. The van der Waals surface area contributed by atoms with E-state index in [4.69, 9.17) is 9.15 Å². The summed E-state index contributed by atoms with van der Waals surface area (Å²) in [4.78, 5) is 12.6. The van der Waals surface area contributed by atoms with E-state index >= 15 is 0 Å². The minimum absolute atomic E-state index is 0.346.